The van der Waals surface area contributed by atoms with Gasteiger partial charge in [-0.3, -0.25) is 0 Å². The molecule has 0 unspecified atom stereocenters. The maximum absolute atomic E-state index is 5.28. The van der Waals surface area contributed by atoms with E-state index in [4.69, 9.17) is 9.47 Å². The molecule has 3 nitrogen and oxygen atoms in total. The second-order valence-corrected chi connectivity index (χ2v) is 4.90. The number of rotatable bonds is 6. The Morgan fingerprint density at radius 3 is 1.90 bits per heavy atom. The van der Waals surface area contributed by atoms with Crippen LogP contribution in [0.3, 0.4) is 0 Å². The highest BCUT2D eigenvalue weighted by Gasteiger charge is 2.03. The molecule has 0 heterocycles. The highest BCUT2D eigenvalue weighted by Crippen LogP contribution is 2.21. The minimum absolute atomic E-state index is 0.836. The fourth-order valence-corrected chi connectivity index (χ4v) is 2.11. The van der Waals surface area contributed by atoms with Crippen molar-refractivity contribution in [2.75, 3.05) is 14.2 Å². The summed E-state index contributed by atoms with van der Waals surface area (Å²) >= 11 is 0. The zero-order chi connectivity index (χ0) is 14.4. The molecular formula is C17H22NO2+. The van der Waals surface area contributed by atoms with E-state index in [0.717, 1.165) is 24.6 Å². The van der Waals surface area contributed by atoms with Gasteiger partial charge in [-0.1, -0.05) is 29.8 Å². The predicted molar refractivity (Wildman–Crippen MR) is 80.1 cm³/mol. The molecule has 0 atom stereocenters. The number of hydrogen-bond acceptors (Lipinski definition) is 2. The molecule has 2 N–H and O–H groups in total. The number of methoxy groups -OCH3 is 2. The van der Waals surface area contributed by atoms with Gasteiger partial charge in [0.15, 0.2) is 0 Å². The summed E-state index contributed by atoms with van der Waals surface area (Å²) in [6, 6.07) is 14.7. The van der Waals surface area contributed by atoms with Crippen molar-refractivity contribution in [1.29, 1.82) is 0 Å². The molecule has 0 saturated heterocycles. The minimum atomic E-state index is 0.836. The molecule has 2 rings (SSSR count). The molecule has 0 aliphatic carbocycles. The van der Waals surface area contributed by atoms with Crippen LogP contribution in [0.15, 0.2) is 42.5 Å². The van der Waals surface area contributed by atoms with Crippen molar-refractivity contribution in [3.63, 3.8) is 0 Å². The Labute approximate surface area is 120 Å². The fraction of sp³-hybridized carbons (Fsp3) is 0.294. The summed E-state index contributed by atoms with van der Waals surface area (Å²) in [6.45, 7) is 3.98. The summed E-state index contributed by atoms with van der Waals surface area (Å²) in [6.07, 6.45) is 0. The van der Waals surface area contributed by atoms with Gasteiger partial charge >= 0.3 is 0 Å². The Kier molecular flexibility index (Phi) is 5.02. The van der Waals surface area contributed by atoms with Gasteiger partial charge in [0.05, 0.1) is 14.2 Å². The van der Waals surface area contributed by atoms with Crippen molar-refractivity contribution in [2.45, 2.75) is 20.0 Å². The van der Waals surface area contributed by atoms with Crippen LogP contribution in [-0.2, 0) is 13.1 Å². The number of hydrogen-bond donors (Lipinski definition) is 1. The summed E-state index contributed by atoms with van der Waals surface area (Å²) < 4.78 is 10.6. The third-order valence-corrected chi connectivity index (χ3v) is 3.29. The number of nitrogens with two attached hydrogens (primary N) is 1. The van der Waals surface area contributed by atoms with E-state index < -0.39 is 0 Å². The third-order valence-electron chi connectivity index (χ3n) is 3.29. The molecule has 2 aromatic rings. The van der Waals surface area contributed by atoms with Crippen LogP contribution < -0.4 is 14.8 Å². The van der Waals surface area contributed by atoms with E-state index in [0.29, 0.717) is 0 Å². The molecule has 0 aromatic heterocycles. The Bertz CT molecular complexity index is 527. The number of quaternary nitrogens is 1. The van der Waals surface area contributed by atoms with E-state index in [-0.39, 0.29) is 0 Å². The average molecular weight is 272 g/mol. The van der Waals surface area contributed by atoms with Crippen molar-refractivity contribution in [3.05, 3.63) is 59.2 Å². The lowest BCUT2D eigenvalue weighted by Crippen LogP contribution is -2.80. The maximum atomic E-state index is 5.28. The Morgan fingerprint density at radius 2 is 1.35 bits per heavy atom. The number of ether oxygens (including phenoxy) is 2. The van der Waals surface area contributed by atoms with Gasteiger partial charge in [0, 0.05) is 17.2 Å². The molecule has 0 aliphatic heterocycles. The molecule has 0 fully saturated rings. The molecule has 3 heteroatoms. The van der Waals surface area contributed by atoms with Crippen LogP contribution in [0.25, 0.3) is 0 Å². The van der Waals surface area contributed by atoms with Crippen LogP contribution in [0.4, 0.5) is 0 Å². The first-order valence-electron chi connectivity index (χ1n) is 6.80. The van der Waals surface area contributed by atoms with Gasteiger partial charge in [-0.25, -0.2) is 0 Å². The molecule has 0 bridgehead atoms. The van der Waals surface area contributed by atoms with E-state index in [2.05, 4.69) is 36.5 Å². The lowest BCUT2D eigenvalue weighted by molar-refractivity contribution is -0.686. The van der Waals surface area contributed by atoms with Crippen molar-refractivity contribution in [1.82, 2.24) is 0 Å². The molecule has 106 valence electrons. The van der Waals surface area contributed by atoms with Gasteiger partial charge in [0.1, 0.15) is 24.6 Å². The number of aryl methyl sites for hydroxylation is 1. The van der Waals surface area contributed by atoms with Gasteiger partial charge in [-0.2, -0.15) is 0 Å². The Morgan fingerprint density at radius 1 is 0.800 bits per heavy atom. The molecule has 0 radical (unpaired) electrons. The molecule has 0 aliphatic rings. The van der Waals surface area contributed by atoms with Gasteiger partial charge in [-0.15, -0.1) is 0 Å². The maximum Gasteiger partial charge on any atom is 0.123 e. The summed E-state index contributed by atoms with van der Waals surface area (Å²) in [5, 5.41) is 2.28. The first-order chi connectivity index (χ1) is 9.71. The van der Waals surface area contributed by atoms with Crippen LogP contribution in [0.2, 0.25) is 0 Å². The van der Waals surface area contributed by atoms with Crippen molar-refractivity contribution >= 4 is 0 Å². The van der Waals surface area contributed by atoms with Crippen LogP contribution in [0, 0.1) is 6.92 Å². The van der Waals surface area contributed by atoms with Gasteiger partial charge in [0.25, 0.3) is 0 Å². The second kappa shape index (κ2) is 6.96. The SMILES string of the molecule is COc1cc(C[NH2+]Cc2ccc(C)cc2)cc(OC)c1. The first-order valence-corrected chi connectivity index (χ1v) is 6.80. The highest BCUT2D eigenvalue weighted by molar-refractivity contribution is 5.38. The van der Waals surface area contributed by atoms with Crippen molar-refractivity contribution in [2.24, 2.45) is 0 Å². The van der Waals surface area contributed by atoms with E-state index in [1.807, 2.05) is 18.2 Å². The van der Waals surface area contributed by atoms with Gasteiger partial charge in [-0.05, 0) is 19.1 Å². The minimum Gasteiger partial charge on any atom is -0.497 e. The van der Waals surface area contributed by atoms with Crippen LogP contribution in [-0.4, -0.2) is 14.2 Å². The topological polar surface area (TPSA) is 35.1 Å². The lowest BCUT2D eigenvalue weighted by Gasteiger charge is -2.08. The van der Waals surface area contributed by atoms with Crippen LogP contribution >= 0.6 is 0 Å². The molecule has 2 aromatic carbocycles. The van der Waals surface area contributed by atoms with E-state index in [1.54, 1.807) is 14.2 Å². The van der Waals surface area contributed by atoms with Crippen LogP contribution in [0.1, 0.15) is 16.7 Å². The zero-order valence-electron chi connectivity index (χ0n) is 12.3. The molecule has 0 spiro atoms. The normalized spacial score (nSPS) is 10.3. The standard InChI is InChI=1S/C17H21NO2/c1-13-4-6-14(7-5-13)11-18-12-15-8-16(19-2)10-17(9-15)20-3/h4-10,18H,11-12H2,1-3H3/p+1. The van der Waals surface area contributed by atoms with E-state index in [1.165, 1.54) is 16.7 Å². The summed E-state index contributed by atoms with van der Waals surface area (Å²) in [5.74, 6) is 1.67. The quantitative estimate of drug-likeness (QED) is 0.875. The molecule has 20 heavy (non-hydrogen) atoms. The smallest absolute Gasteiger partial charge is 0.123 e. The molecule has 0 saturated carbocycles. The Hall–Kier alpha value is -2.00. The second-order valence-electron chi connectivity index (χ2n) is 4.90. The third kappa shape index (κ3) is 4.00. The first kappa shape index (κ1) is 14.4. The highest BCUT2D eigenvalue weighted by atomic mass is 16.5. The lowest BCUT2D eigenvalue weighted by atomic mass is 10.1. The summed E-state index contributed by atoms with van der Waals surface area (Å²) in [4.78, 5) is 0. The van der Waals surface area contributed by atoms with E-state index >= 15 is 0 Å². The predicted octanol–water partition coefficient (Wildman–Crippen LogP) is 2.28. The summed E-state index contributed by atoms with van der Waals surface area (Å²) in [5.41, 5.74) is 3.84. The summed E-state index contributed by atoms with van der Waals surface area (Å²) in [7, 11) is 3.35. The Balaban J connectivity index is 1.94. The largest absolute Gasteiger partial charge is 0.497 e. The molecular weight excluding hydrogens is 250 g/mol. The average Bonchev–Trinajstić information content (AvgIpc) is 2.49. The van der Waals surface area contributed by atoms with E-state index in [9.17, 15) is 0 Å². The van der Waals surface area contributed by atoms with Crippen molar-refractivity contribution in [3.8, 4) is 11.5 Å². The molecule has 0 amide bonds. The van der Waals surface area contributed by atoms with Gasteiger partial charge in [0.2, 0.25) is 0 Å². The number of benzene rings is 2. The van der Waals surface area contributed by atoms with Gasteiger partial charge < -0.3 is 14.8 Å². The zero-order valence-corrected chi connectivity index (χ0v) is 12.3. The fourth-order valence-electron chi connectivity index (χ4n) is 2.11. The van der Waals surface area contributed by atoms with Crippen LogP contribution in [0.5, 0.6) is 11.5 Å². The van der Waals surface area contributed by atoms with Crippen molar-refractivity contribution < 1.29 is 14.8 Å². The monoisotopic (exact) mass is 272 g/mol.